The first kappa shape index (κ1) is 12.1. The lowest BCUT2D eigenvalue weighted by Gasteiger charge is -2.04. The van der Waals surface area contributed by atoms with Crippen LogP contribution in [0.2, 0.25) is 0 Å². The van der Waals surface area contributed by atoms with Gasteiger partial charge >= 0.3 is 5.97 Å². The van der Waals surface area contributed by atoms with Gasteiger partial charge in [0.25, 0.3) is 0 Å². The highest BCUT2D eigenvalue weighted by molar-refractivity contribution is 7.99. The van der Waals surface area contributed by atoms with E-state index >= 15 is 0 Å². The number of carboxylic acid groups (broad SMARTS) is 1. The summed E-state index contributed by atoms with van der Waals surface area (Å²) in [5.74, 6) is 0.0542. The summed E-state index contributed by atoms with van der Waals surface area (Å²) in [6.07, 6.45) is 2.01. The van der Waals surface area contributed by atoms with E-state index in [1.54, 1.807) is 23.9 Å². The van der Waals surface area contributed by atoms with Gasteiger partial charge in [0.05, 0.1) is 5.56 Å². The number of rotatable bonds is 6. The van der Waals surface area contributed by atoms with Crippen molar-refractivity contribution >= 4 is 17.7 Å². The van der Waals surface area contributed by atoms with Crippen LogP contribution in [0.3, 0.4) is 0 Å². The summed E-state index contributed by atoms with van der Waals surface area (Å²) < 4.78 is 0. The topological polar surface area (TPSA) is 63.3 Å². The van der Waals surface area contributed by atoms with E-state index in [1.165, 1.54) is 0 Å². The maximum absolute atomic E-state index is 10.9. The number of unbranched alkanes of at least 4 members (excludes halogenated alkanes) is 1. The molecule has 0 heterocycles. The van der Waals surface area contributed by atoms with E-state index in [1.807, 2.05) is 12.1 Å². The zero-order valence-electron chi connectivity index (χ0n) is 8.48. The number of hydrogen-bond acceptors (Lipinski definition) is 3. The molecule has 82 valence electrons. The average molecular weight is 225 g/mol. The van der Waals surface area contributed by atoms with E-state index in [0.29, 0.717) is 12.1 Å². The Morgan fingerprint density at radius 2 is 2.07 bits per heavy atom. The molecule has 0 spiro atoms. The molecule has 0 aliphatic carbocycles. The van der Waals surface area contributed by atoms with Gasteiger partial charge in [-0.1, -0.05) is 12.1 Å². The van der Waals surface area contributed by atoms with Gasteiger partial charge in [0.2, 0.25) is 0 Å². The monoisotopic (exact) mass is 225 g/mol. The van der Waals surface area contributed by atoms with Gasteiger partial charge in [-0.15, -0.1) is 11.8 Å². The van der Waals surface area contributed by atoms with E-state index in [2.05, 4.69) is 0 Å². The highest BCUT2D eigenvalue weighted by atomic mass is 32.2. The Bertz CT molecular complexity index is 328. The van der Waals surface area contributed by atoms with Crippen LogP contribution in [-0.2, 0) is 0 Å². The van der Waals surface area contributed by atoms with Crippen LogP contribution in [0.5, 0.6) is 0 Å². The SMILES string of the molecule is NCCCCSc1ccccc1C(=O)O. The highest BCUT2D eigenvalue weighted by Gasteiger charge is 2.08. The molecule has 0 aliphatic rings. The van der Waals surface area contributed by atoms with Crippen LogP contribution in [-0.4, -0.2) is 23.4 Å². The summed E-state index contributed by atoms with van der Waals surface area (Å²) in [6, 6.07) is 7.08. The van der Waals surface area contributed by atoms with E-state index in [9.17, 15) is 4.79 Å². The molecule has 1 aromatic carbocycles. The summed E-state index contributed by atoms with van der Waals surface area (Å²) in [6.45, 7) is 0.696. The number of nitrogens with two attached hydrogens (primary N) is 1. The van der Waals surface area contributed by atoms with Crippen molar-refractivity contribution in [2.45, 2.75) is 17.7 Å². The Morgan fingerprint density at radius 1 is 1.33 bits per heavy atom. The Kier molecular flexibility index (Phi) is 5.21. The third-order valence-corrected chi connectivity index (χ3v) is 3.13. The van der Waals surface area contributed by atoms with Gasteiger partial charge < -0.3 is 10.8 Å². The Hall–Kier alpha value is -1.00. The van der Waals surface area contributed by atoms with E-state index < -0.39 is 5.97 Å². The molecule has 0 amide bonds. The molecule has 15 heavy (non-hydrogen) atoms. The molecule has 1 rings (SSSR count). The molecule has 0 saturated carbocycles. The number of carbonyl (C=O) groups is 1. The molecular weight excluding hydrogens is 210 g/mol. The second kappa shape index (κ2) is 6.48. The molecular formula is C11H15NO2S. The normalized spacial score (nSPS) is 10.2. The summed E-state index contributed by atoms with van der Waals surface area (Å²) in [7, 11) is 0. The van der Waals surface area contributed by atoms with E-state index in [4.69, 9.17) is 10.8 Å². The van der Waals surface area contributed by atoms with Crippen molar-refractivity contribution < 1.29 is 9.90 Å². The minimum atomic E-state index is -0.864. The van der Waals surface area contributed by atoms with Crippen molar-refractivity contribution in [3.05, 3.63) is 29.8 Å². The molecule has 0 fully saturated rings. The zero-order chi connectivity index (χ0) is 11.1. The number of benzene rings is 1. The maximum Gasteiger partial charge on any atom is 0.336 e. The molecule has 0 radical (unpaired) electrons. The fourth-order valence-electron chi connectivity index (χ4n) is 1.20. The van der Waals surface area contributed by atoms with Crippen LogP contribution >= 0.6 is 11.8 Å². The highest BCUT2D eigenvalue weighted by Crippen LogP contribution is 2.23. The van der Waals surface area contributed by atoms with Crippen LogP contribution in [0.1, 0.15) is 23.2 Å². The summed E-state index contributed by atoms with van der Waals surface area (Å²) >= 11 is 1.58. The minimum absolute atomic E-state index is 0.384. The molecule has 0 atom stereocenters. The van der Waals surface area contributed by atoms with Crippen molar-refractivity contribution in [3.63, 3.8) is 0 Å². The summed E-state index contributed by atoms with van der Waals surface area (Å²) in [5.41, 5.74) is 5.77. The van der Waals surface area contributed by atoms with Crippen LogP contribution < -0.4 is 5.73 Å². The molecule has 1 aromatic rings. The minimum Gasteiger partial charge on any atom is -0.478 e. The molecule has 0 aliphatic heterocycles. The van der Waals surface area contributed by atoms with Crippen molar-refractivity contribution in [3.8, 4) is 0 Å². The predicted octanol–water partition coefficient (Wildman–Crippen LogP) is 2.22. The first-order chi connectivity index (χ1) is 7.25. The number of carboxylic acids is 1. The third kappa shape index (κ3) is 3.93. The van der Waals surface area contributed by atoms with Crippen LogP contribution in [0.4, 0.5) is 0 Å². The van der Waals surface area contributed by atoms with Gasteiger partial charge in [-0.3, -0.25) is 0 Å². The lowest BCUT2D eigenvalue weighted by molar-refractivity contribution is 0.0693. The number of thioether (sulfide) groups is 1. The zero-order valence-corrected chi connectivity index (χ0v) is 9.30. The van der Waals surface area contributed by atoms with Gasteiger partial charge in [-0.2, -0.15) is 0 Å². The maximum atomic E-state index is 10.9. The van der Waals surface area contributed by atoms with Crippen molar-refractivity contribution in [1.82, 2.24) is 0 Å². The van der Waals surface area contributed by atoms with Gasteiger partial charge in [0, 0.05) is 4.90 Å². The van der Waals surface area contributed by atoms with Crippen molar-refractivity contribution in [1.29, 1.82) is 0 Å². The lowest BCUT2D eigenvalue weighted by Crippen LogP contribution is -2.00. The quantitative estimate of drug-likeness (QED) is 0.575. The predicted molar refractivity (Wildman–Crippen MR) is 62.4 cm³/mol. The average Bonchev–Trinajstić information content (AvgIpc) is 2.25. The van der Waals surface area contributed by atoms with Gasteiger partial charge in [-0.25, -0.2) is 4.79 Å². The van der Waals surface area contributed by atoms with Gasteiger partial charge in [0.1, 0.15) is 0 Å². The van der Waals surface area contributed by atoms with Gasteiger partial charge in [-0.05, 0) is 37.3 Å². The van der Waals surface area contributed by atoms with E-state index in [0.717, 1.165) is 23.5 Å². The molecule has 4 heteroatoms. The van der Waals surface area contributed by atoms with Gasteiger partial charge in [0.15, 0.2) is 0 Å². The number of hydrogen-bond donors (Lipinski definition) is 2. The largest absolute Gasteiger partial charge is 0.478 e. The smallest absolute Gasteiger partial charge is 0.336 e. The molecule has 0 bridgehead atoms. The van der Waals surface area contributed by atoms with E-state index in [-0.39, 0.29) is 0 Å². The Labute approximate surface area is 93.7 Å². The molecule has 3 nitrogen and oxygen atoms in total. The van der Waals surface area contributed by atoms with Crippen molar-refractivity contribution in [2.75, 3.05) is 12.3 Å². The second-order valence-electron chi connectivity index (χ2n) is 3.15. The first-order valence-electron chi connectivity index (χ1n) is 4.91. The van der Waals surface area contributed by atoms with Crippen LogP contribution in [0, 0.1) is 0 Å². The Balaban J connectivity index is 2.56. The van der Waals surface area contributed by atoms with Crippen LogP contribution in [0.25, 0.3) is 0 Å². The molecule has 0 saturated heterocycles. The second-order valence-corrected chi connectivity index (χ2v) is 4.28. The van der Waals surface area contributed by atoms with Crippen LogP contribution in [0.15, 0.2) is 29.2 Å². The number of aromatic carboxylic acids is 1. The van der Waals surface area contributed by atoms with Crippen molar-refractivity contribution in [2.24, 2.45) is 5.73 Å². The molecule has 0 unspecified atom stereocenters. The molecule has 0 aromatic heterocycles. The fourth-order valence-corrected chi connectivity index (χ4v) is 2.25. The lowest BCUT2D eigenvalue weighted by atomic mass is 10.2. The first-order valence-corrected chi connectivity index (χ1v) is 5.89. The summed E-state index contributed by atoms with van der Waals surface area (Å²) in [4.78, 5) is 11.7. The standard InChI is InChI=1S/C11H15NO2S/c12-7-3-4-8-15-10-6-2-1-5-9(10)11(13)14/h1-2,5-6H,3-4,7-8,12H2,(H,13,14). The third-order valence-electron chi connectivity index (χ3n) is 1.97. The fraction of sp³-hybridized carbons (Fsp3) is 0.364. The molecule has 3 N–H and O–H groups in total. The Morgan fingerprint density at radius 3 is 2.73 bits per heavy atom. The summed E-state index contributed by atoms with van der Waals surface area (Å²) in [5, 5.41) is 8.94.